The van der Waals surface area contributed by atoms with E-state index in [1.165, 1.54) is 0 Å². The summed E-state index contributed by atoms with van der Waals surface area (Å²) in [4.78, 5) is 11.3. The van der Waals surface area contributed by atoms with E-state index in [2.05, 4.69) is 24.9 Å². The Morgan fingerprint density at radius 2 is 1.78 bits per heavy atom. The fraction of sp³-hybridized carbons (Fsp3) is 0.300. The minimum Gasteiger partial charge on any atom is -0.433 e. The maximum Gasteiger partial charge on any atom is 0.387 e. The van der Waals surface area contributed by atoms with Crippen molar-refractivity contribution in [3.63, 3.8) is 0 Å². The van der Waals surface area contributed by atoms with E-state index in [0.717, 1.165) is 35.5 Å². The van der Waals surface area contributed by atoms with E-state index >= 15 is 0 Å². The number of aromatic nitrogens is 2. The number of nitrogens with zero attached hydrogens (tertiary/aromatic N) is 3. The van der Waals surface area contributed by atoms with E-state index in [9.17, 15) is 8.78 Å². The van der Waals surface area contributed by atoms with Gasteiger partial charge in [-0.2, -0.15) is 8.78 Å². The van der Waals surface area contributed by atoms with Crippen molar-refractivity contribution in [2.75, 3.05) is 23.3 Å². The van der Waals surface area contributed by atoms with Gasteiger partial charge in [0.05, 0.1) is 22.4 Å². The molecule has 0 unspecified atom stereocenters. The number of rotatable bonds is 5. The Morgan fingerprint density at radius 1 is 1.07 bits per heavy atom. The Morgan fingerprint density at radius 3 is 2.56 bits per heavy atom. The molecule has 1 aliphatic heterocycles. The van der Waals surface area contributed by atoms with Crippen molar-refractivity contribution >= 4 is 22.5 Å². The fourth-order valence-electron chi connectivity index (χ4n) is 3.43. The van der Waals surface area contributed by atoms with Crippen LogP contribution in [-0.2, 0) is 0 Å². The fourth-order valence-corrected chi connectivity index (χ4v) is 3.43. The zero-order chi connectivity index (χ0) is 18.8. The Bertz CT molecular complexity index is 950. The summed E-state index contributed by atoms with van der Waals surface area (Å²) in [6.07, 6.45) is 0.872. The van der Waals surface area contributed by atoms with Gasteiger partial charge in [-0.3, -0.25) is 0 Å². The number of hydrogen-bond donors (Lipinski definition) is 1. The predicted octanol–water partition coefficient (Wildman–Crippen LogP) is 4.23. The lowest BCUT2D eigenvalue weighted by Gasteiger charge is -2.22. The quantitative estimate of drug-likeness (QED) is 0.728. The molecule has 2 aromatic carbocycles. The third-order valence-corrected chi connectivity index (χ3v) is 4.70. The highest BCUT2D eigenvalue weighted by Crippen LogP contribution is 2.32. The summed E-state index contributed by atoms with van der Waals surface area (Å²) < 4.78 is 30.0. The summed E-state index contributed by atoms with van der Waals surface area (Å²) in [6.45, 7) is 0.525. The number of nitrogens with one attached hydrogen (secondary N) is 1. The van der Waals surface area contributed by atoms with Gasteiger partial charge in [0.25, 0.3) is 0 Å². The molecule has 1 aromatic heterocycles. The van der Waals surface area contributed by atoms with Gasteiger partial charge in [0.1, 0.15) is 11.6 Å². The Labute approximate surface area is 156 Å². The van der Waals surface area contributed by atoms with Gasteiger partial charge in [0.2, 0.25) is 0 Å². The number of benzene rings is 2. The minimum absolute atomic E-state index is 0.152. The van der Waals surface area contributed by atoms with Crippen LogP contribution in [0.25, 0.3) is 11.0 Å². The van der Waals surface area contributed by atoms with E-state index in [0.29, 0.717) is 12.2 Å². The summed E-state index contributed by atoms with van der Waals surface area (Å²) in [7, 11) is 0. The smallest absolute Gasteiger partial charge is 0.387 e. The average molecular weight is 370 g/mol. The van der Waals surface area contributed by atoms with Crippen LogP contribution in [0.4, 0.5) is 20.3 Å². The lowest BCUT2D eigenvalue weighted by atomic mass is 10.2. The lowest BCUT2D eigenvalue weighted by molar-refractivity contribution is -0.0495. The number of hydrogen-bond acceptors (Lipinski definition) is 5. The molecule has 0 radical (unpaired) electrons. The molecule has 0 amide bonds. The first-order valence-corrected chi connectivity index (χ1v) is 8.89. The molecule has 27 heavy (non-hydrogen) atoms. The second-order valence-electron chi connectivity index (χ2n) is 6.57. The molecule has 7 heteroatoms. The Hall–Kier alpha value is -2.96. The van der Waals surface area contributed by atoms with Crippen LogP contribution >= 0.6 is 0 Å². The summed E-state index contributed by atoms with van der Waals surface area (Å²) in [5.41, 5.74) is 3.24. The molecule has 1 saturated heterocycles. The first kappa shape index (κ1) is 17.5. The van der Waals surface area contributed by atoms with Crippen LogP contribution in [0.3, 0.4) is 0 Å². The highest BCUT2D eigenvalue weighted by atomic mass is 19.3. The second kappa shape index (κ2) is 7.34. The van der Waals surface area contributed by atoms with Gasteiger partial charge in [-0.15, -0.1) is 0 Å². The van der Waals surface area contributed by atoms with Crippen LogP contribution in [0.15, 0.2) is 48.5 Å². The van der Waals surface area contributed by atoms with Crippen molar-refractivity contribution in [1.29, 1.82) is 0 Å². The van der Waals surface area contributed by atoms with E-state index in [1.54, 1.807) is 18.2 Å². The Kier molecular flexibility index (Phi) is 4.75. The third kappa shape index (κ3) is 3.77. The molecule has 4 rings (SSSR count). The molecule has 2 heterocycles. The SMILES string of the molecule is Cc1nc2ccccc2nc1N[C@@H]1CCN(c2ccccc2OC(F)F)C1. The van der Waals surface area contributed by atoms with Crippen molar-refractivity contribution in [2.45, 2.75) is 26.0 Å². The molecule has 0 saturated carbocycles. The zero-order valence-corrected chi connectivity index (χ0v) is 14.9. The van der Waals surface area contributed by atoms with Crippen LogP contribution in [0.1, 0.15) is 12.1 Å². The third-order valence-electron chi connectivity index (χ3n) is 4.70. The molecule has 1 N–H and O–H groups in total. The number of halogens is 2. The second-order valence-corrected chi connectivity index (χ2v) is 6.57. The number of aryl methyl sites for hydroxylation is 1. The maximum atomic E-state index is 12.7. The number of para-hydroxylation sites is 4. The molecule has 3 aromatic rings. The zero-order valence-electron chi connectivity index (χ0n) is 14.9. The van der Waals surface area contributed by atoms with Gasteiger partial charge < -0.3 is 15.0 Å². The molecular weight excluding hydrogens is 350 g/mol. The molecular formula is C20H20F2N4O. The summed E-state index contributed by atoms with van der Waals surface area (Å²) in [6, 6.07) is 14.8. The van der Waals surface area contributed by atoms with Crippen molar-refractivity contribution in [3.05, 3.63) is 54.2 Å². The Balaban J connectivity index is 1.50. The van der Waals surface area contributed by atoms with Crippen LogP contribution < -0.4 is 15.0 Å². The molecule has 140 valence electrons. The number of anilines is 2. The molecule has 1 aliphatic rings. The van der Waals surface area contributed by atoms with E-state index < -0.39 is 6.61 Å². The first-order valence-electron chi connectivity index (χ1n) is 8.89. The largest absolute Gasteiger partial charge is 0.433 e. The van der Waals surface area contributed by atoms with Crippen molar-refractivity contribution < 1.29 is 13.5 Å². The molecule has 1 fully saturated rings. The topological polar surface area (TPSA) is 50.3 Å². The van der Waals surface area contributed by atoms with E-state index in [1.807, 2.05) is 37.3 Å². The van der Waals surface area contributed by atoms with Crippen molar-refractivity contribution in [2.24, 2.45) is 0 Å². The summed E-state index contributed by atoms with van der Waals surface area (Å²) in [5.74, 6) is 0.965. The molecule has 0 bridgehead atoms. The van der Waals surface area contributed by atoms with Gasteiger partial charge in [-0.25, -0.2) is 9.97 Å². The van der Waals surface area contributed by atoms with Crippen LogP contribution in [0.5, 0.6) is 5.75 Å². The number of fused-ring (bicyclic) bond motifs is 1. The van der Waals surface area contributed by atoms with E-state index in [4.69, 9.17) is 0 Å². The normalized spacial score (nSPS) is 16.9. The molecule has 1 atom stereocenters. The number of ether oxygens (including phenoxy) is 1. The lowest BCUT2D eigenvalue weighted by Crippen LogP contribution is -2.27. The van der Waals surface area contributed by atoms with E-state index in [-0.39, 0.29) is 11.8 Å². The van der Waals surface area contributed by atoms with Gasteiger partial charge in [-0.1, -0.05) is 24.3 Å². The molecule has 0 aliphatic carbocycles. The monoisotopic (exact) mass is 370 g/mol. The highest BCUT2D eigenvalue weighted by Gasteiger charge is 2.26. The molecule has 5 nitrogen and oxygen atoms in total. The van der Waals surface area contributed by atoms with Crippen LogP contribution in [-0.4, -0.2) is 35.7 Å². The summed E-state index contributed by atoms with van der Waals surface area (Å²) >= 11 is 0. The first-order chi connectivity index (χ1) is 13.1. The van der Waals surface area contributed by atoms with Gasteiger partial charge in [-0.05, 0) is 37.6 Å². The van der Waals surface area contributed by atoms with Gasteiger partial charge in [0.15, 0.2) is 0 Å². The standard InChI is InChI=1S/C20H20F2N4O/c1-13-19(25-16-7-3-2-6-15(16)23-13)24-14-10-11-26(12-14)17-8-4-5-9-18(17)27-20(21)22/h2-9,14,20H,10-12H2,1H3,(H,24,25)/t14-/m1/s1. The van der Waals surface area contributed by atoms with Crippen LogP contribution in [0.2, 0.25) is 0 Å². The number of alkyl halides is 2. The van der Waals surface area contributed by atoms with Gasteiger partial charge >= 0.3 is 6.61 Å². The molecule has 0 spiro atoms. The maximum absolute atomic E-state index is 12.7. The average Bonchev–Trinajstić information content (AvgIpc) is 3.11. The minimum atomic E-state index is -2.84. The summed E-state index contributed by atoms with van der Waals surface area (Å²) in [5, 5.41) is 3.46. The van der Waals surface area contributed by atoms with Crippen molar-refractivity contribution in [3.8, 4) is 5.75 Å². The predicted molar refractivity (Wildman–Crippen MR) is 102 cm³/mol. The van der Waals surface area contributed by atoms with Gasteiger partial charge in [0, 0.05) is 19.1 Å². The van der Waals surface area contributed by atoms with Crippen molar-refractivity contribution in [1.82, 2.24) is 9.97 Å². The van der Waals surface area contributed by atoms with Crippen LogP contribution in [0, 0.1) is 6.92 Å². The highest BCUT2D eigenvalue weighted by molar-refractivity contribution is 5.76.